The Morgan fingerprint density at radius 2 is 1.07 bits per heavy atom. The van der Waals surface area contributed by atoms with Crippen LogP contribution in [-0.2, 0) is 23.8 Å². The molecule has 1 heterocycles. The van der Waals surface area contributed by atoms with Crippen LogP contribution < -0.4 is 0 Å². The number of unbranched alkanes of at least 4 members (excludes halogenated alkanes) is 16. The van der Waals surface area contributed by atoms with Crippen LogP contribution in [0.3, 0.4) is 0 Å². The highest BCUT2D eigenvalue weighted by molar-refractivity contribution is 5.72. The van der Waals surface area contributed by atoms with Crippen molar-refractivity contribution < 1.29 is 44.2 Å². The van der Waals surface area contributed by atoms with Crippen LogP contribution in [-0.4, -0.2) is 75.3 Å². The molecular weight excluding hydrogens is 552 g/mol. The molecule has 0 aliphatic carbocycles. The molecule has 0 saturated carbocycles. The number of carbonyl (C=O) groups excluding carboxylic acids is 1. The summed E-state index contributed by atoms with van der Waals surface area (Å²) in [7, 11) is 0. The summed E-state index contributed by atoms with van der Waals surface area (Å²) in [6.07, 6.45) is 13.9. The first-order valence-corrected chi connectivity index (χ1v) is 17.5. The molecule has 0 spiro atoms. The predicted octanol–water partition coefficient (Wildman–Crippen LogP) is 6.82. The number of carboxylic acids is 1. The second-order valence-corrected chi connectivity index (χ2v) is 12.6. The number of hydrogen-bond acceptors (Lipinski definition) is 8. The summed E-state index contributed by atoms with van der Waals surface area (Å²) in [5.41, 5.74) is 0. The quantitative estimate of drug-likeness (QED) is 0.0577. The summed E-state index contributed by atoms with van der Waals surface area (Å²) in [6, 6.07) is 0. The zero-order chi connectivity index (χ0) is 31.9. The van der Waals surface area contributed by atoms with Crippen molar-refractivity contribution in [2.24, 2.45) is 0 Å². The fraction of sp³-hybridized carbons (Fsp3) is 0.941. The van der Waals surface area contributed by atoms with Crippen molar-refractivity contribution >= 4 is 11.9 Å². The average molecular weight is 617 g/mol. The first kappa shape index (κ1) is 39.8. The van der Waals surface area contributed by atoms with Crippen LogP contribution in [0.1, 0.15) is 162 Å². The van der Waals surface area contributed by atoms with Crippen LogP contribution in [0.5, 0.6) is 0 Å². The molecule has 9 heteroatoms. The second kappa shape index (κ2) is 25.0. The molecule has 1 aliphatic rings. The number of aliphatic hydroxyl groups is 3. The Bertz CT molecular complexity index is 703. The SMILES string of the molecule is CCCCCCCCCCCC(CC(=O)O)OC(=O)CC(CCCCCCCCCCC)OC1O[C@@H](C)[C@H](O)[C@@H](O)[C@H]1O. The minimum Gasteiger partial charge on any atom is -0.481 e. The van der Waals surface area contributed by atoms with Crippen LogP contribution in [0.25, 0.3) is 0 Å². The van der Waals surface area contributed by atoms with Gasteiger partial charge in [-0.25, -0.2) is 0 Å². The van der Waals surface area contributed by atoms with Gasteiger partial charge >= 0.3 is 11.9 Å². The standard InChI is InChI=1S/C34H64O9/c1-4-6-8-10-12-14-16-18-20-22-27(24-29(35)36)42-30(37)25-28(23-21-19-17-15-13-11-9-7-5-2)43-34-33(40)32(39)31(38)26(3)41-34/h26-28,31-34,38-40H,4-25H2,1-3H3,(H,35,36)/t26-,27?,28?,31-,32+,33+,34?/m0/s1. The summed E-state index contributed by atoms with van der Waals surface area (Å²) >= 11 is 0. The molecule has 0 aromatic rings. The van der Waals surface area contributed by atoms with E-state index in [1.807, 2.05) is 0 Å². The molecule has 1 saturated heterocycles. The first-order valence-electron chi connectivity index (χ1n) is 17.5. The van der Waals surface area contributed by atoms with Crippen molar-refractivity contribution in [3.63, 3.8) is 0 Å². The molecule has 0 radical (unpaired) electrons. The number of carbonyl (C=O) groups is 2. The van der Waals surface area contributed by atoms with Crippen LogP contribution in [0.15, 0.2) is 0 Å². The third kappa shape index (κ3) is 19.0. The lowest BCUT2D eigenvalue weighted by molar-refractivity contribution is -0.304. The number of esters is 1. The Labute approximate surface area is 261 Å². The van der Waals surface area contributed by atoms with Crippen LogP contribution >= 0.6 is 0 Å². The molecule has 254 valence electrons. The third-order valence-corrected chi connectivity index (χ3v) is 8.49. The fourth-order valence-corrected chi connectivity index (χ4v) is 5.72. The Kier molecular flexibility index (Phi) is 23.1. The van der Waals surface area contributed by atoms with Crippen LogP contribution in [0.2, 0.25) is 0 Å². The first-order chi connectivity index (χ1) is 20.7. The van der Waals surface area contributed by atoms with Gasteiger partial charge in [0.25, 0.3) is 0 Å². The molecule has 0 bridgehead atoms. The number of aliphatic hydroxyl groups excluding tert-OH is 3. The average Bonchev–Trinajstić information content (AvgIpc) is 2.96. The van der Waals surface area contributed by atoms with Gasteiger partial charge in [0.05, 0.1) is 25.0 Å². The molecule has 9 nitrogen and oxygen atoms in total. The van der Waals surface area contributed by atoms with Gasteiger partial charge in [-0.05, 0) is 26.2 Å². The highest BCUT2D eigenvalue weighted by Gasteiger charge is 2.43. The maximum Gasteiger partial charge on any atom is 0.308 e. The number of carboxylic acid groups (broad SMARTS) is 1. The number of ether oxygens (including phenoxy) is 3. The predicted molar refractivity (Wildman–Crippen MR) is 168 cm³/mol. The van der Waals surface area contributed by atoms with Gasteiger partial charge in [0.2, 0.25) is 0 Å². The minimum absolute atomic E-state index is 0.107. The van der Waals surface area contributed by atoms with Crippen molar-refractivity contribution in [2.75, 3.05) is 0 Å². The normalized spacial score (nSPS) is 23.6. The molecule has 3 unspecified atom stereocenters. The van der Waals surface area contributed by atoms with Gasteiger partial charge in [-0.2, -0.15) is 0 Å². The van der Waals surface area contributed by atoms with Crippen molar-refractivity contribution in [2.45, 2.75) is 205 Å². The molecule has 0 amide bonds. The van der Waals surface area contributed by atoms with E-state index in [1.165, 1.54) is 77.0 Å². The van der Waals surface area contributed by atoms with Crippen molar-refractivity contribution in [1.82, 2.24) is 0 Å². The van der Waals surface area contributed by atoms with Crippen molar-refractivity contribution in [3.8, 4) is 0 Å². The summed E-state index contributed by atoms with van der Waals surface area (Å²) in [6.45, 7) is 6.00. The molecule has 0 aromatic heterocycles. The molecule has 43 heavy (non-hydrogen) atoms. The van der Waals surface area contributed by atoms with E-state index in [4.69, 9.17) is 14.2 Å². The smallest absolute Gasteiger partial charge is 0.308 e. The van der Waals surface area contributed by atoms with Gasteiger partial charge in [-0.3, -0.25) is 9.59 Å². The zero-order valence-electron chi connectivity index (χ0n) is 27.4. The van der Waals surface area contributed by atoms with Gasteiger partial charge in [-0.15, -0.1) is 0 Å². The van der Waals surface area contributed by atoms with Gasteiger partial charge < -0.3 is 34.6 Å². The van der Waals surface area contributed by atoms with Crippen molar-refractivity contribution in [3.05, 3.63) is 0 Å². The van der Waals surface area contributed by atoms with E-state index in [0.717, 1.165) is 38.5 Å². The monoisotopic (exact) mass is 616 g/mol. The lowest BCUT2D eigenvalue weighted by Gasteiger charge is -2.40. The maximum atomic E-state index is 13.0. The van der Waals surface area contributed by atoms with Gasteiger partial charge in [0.1, 0.15) is 24.4 Å². The van der Waals surface area contributed by atoms with Gasteiger partial charge in [-0.1, -0.05) is 123 Å². The van der Waals surface area contributed by atoms with E-state index in [2.05, 4.69) is 13.8 Å². The molecule has 1 rings (SSSR count). The summed E-state index contributed by atoms with van der Waals surface area (Å²) in [5, 5.41) is 40.1. The van der Waals surface area contributed by atoms with E-state index >= 15 is 0 Å². The summed E-state index contributed by atoms with van der Waals surface area (Å²) in [5.74, 6) is -1.54. The Morgan fingerprint density at radius 1 is 0.628 bits per heavy atom. The van der Waals surface area contributed by atoms with Gasteiger partial charge in [0, 0.05) is 0 Å². The second-order valence-electron chi connectivity index (χ2n) is 12.6. The Morgan fingerprint density at radius 3 is 1.53 bits per heavy atom. The molecule has 1 aliphatic heterocycles. The lowest BCUT2D eigenvalue weighted by Crippen LogP contribution is -2.58. The third-order valence-electron chi connectivity index (χ3n) is 8.49. The summed E-state index contributed by atoms with van der Waals surface area (Å²) < 4.78 is 17.3. The van der Waals surface area contributed by atoms with Gasteiger partial charge in [0.15, 0.2) is 6.29 Å². The molecule has 4 N–H and O–H groups in total. The zero-order valence-corrected chi connectivity index (χ0v) is 27.4. The maximum absolute atomic E-state index is 13.0. The van der Waals surface area contributed by atoms with Crippen LogP contribution in [0, 0.1) is 0 Å². The van der Waals surface area contributed by atoms with Crippen LogP contribution in [0.4, 0.5) is 0 Å². The molecule has 0 aromatic carbocycles. The van der Waals surface area contributed by atoms with E-state index in [9.17, 15) is 30.0 Å². The van der Waals surface area contributed by atoms with E-state index in [-0.39, 0.29) is 12.8 Å². The fourth-order valence-electron chi connectivity index (χ4n) is 5.72. The highest BCUT2D eigenvalue weighted by Crippen LogP contribution is 2.26. The van der Waals surface area contributed by atoms with E-state index in [1.54, 1.807) is 6.92 Å². The van der Waals surface area contributed by atoms with E-state index < -0.39 is 54.9 Å². The Hall–Kier alpha value is -1.26. The van der Waals surface area contributed by atoms with E-state index in [0.29, 0.717) is 12.8 Å². The molecule has 7 atom stereocenters. The topological polar surface area (TPSA) is 143 Å². The molecular formula is C34H64O9. The lowest BCUT2D eigenvalue weighted by atomic mass is 9.99. The Balaban J connectivity index is 2.61. The largest absolute Gasteiger partial charge is 0.481 e. The minimum atomic E-state index is -1.46. The summed E-state index contributed by atoms with van der Waals surface area (Å²) in [4.78, 5) is 24.4. The number of rotatable bonds is 27. The number of aliphatic carboxylic acids is 1. The molecule has 1 fully saturated rings. The number of hydrogen-bond donors (Lipinski definition) is 4. The van der Waals surface area contributed by atoms with Crippen molar-refractivity contribution in [1.29, 1.82) is 0 Å². The highest BCUT2D eigenvalue weighted by atomic mass is 16.7.